The molecule has 0 radical (unpaired) electrons. The smallest absolute Gasteiger partial charge is 0.283 e. The van der Waals surface area contributed by atoms with Crippen molar-refractivity contribution in [2.75, 3.05) is 13.2 Å². The maximum absolute atomic E-state index is 10.7. The van der Waals surface area contributed by atoms with E-state index in [0.717, 1.165) is 18.6 Å². The number of benzene rings is 1. The second-order valence-corrected chi connectivity index (χ2v) is 4.60. The largest absolute Gasteiger partial charge is 0.379 e. The summed E-state index contributed by atoms with van der Waals surface area (Å²) in [6, 6.07) is 4.94. The van der Waals surface area contributed by atoms with E-state index in [1.165, 1.54) is 6.07 Å². The summed E-state index contributed by atoms with van der Waals surface area (Å²) in [7, 11) is 0. The predicted octanol–water partition coefficient (Wildman–Crippen LogP) is 2.66. The number of hydrogen-bond donors (Lipinski definition) is 0. The van der Waals surface area contributed by atoms with Crippen molar-refractivity contribution in [3.63, 3.8) is 0 Å². The van der Waals surface area contributed by atoms with Gasteiger partial charge in [0.2, 0.25) is 0 Å². The molecule has 1 heterocycles. The van der Waals surface area contributed by atoms with Crippen molar-refractivity contribution in [2.45, 2.75) is 19.1 Å². The molecule has 6 heteroatoms. The van der Waals surface area contributed by atoms with Crippen LogP contribution in [0.25, 0.3) is 0 Å². The Hall–Kier alpha value is -0.980. The first kappa shape index (κ1) is 12.5. The van der Waals surface area contributed by atoms with Crippen LogP contribution in [0.1, 0.15) is 12.0 Å². The fourth-order valence-corrected chi connectivity index (χ4v) is 2.19. The molecule has 5 nitrogen and oxygen atoms in total. The molecule has 0 aliphatic carbocycles. The lowest BCUT2D eigenvalue weighted by molar-refractivity contribution is -0.385. The van der Waals surface area contributed by atoms with E-state index in [-0.39, 0.29) is 11.8 Å². The van der Waals surface area contributed by atoms with Crippen LogP contribution in [0.15, 0.2) is 22.7 Å². The molecule has 2 rings (SSSR count). The van der Waals surface area contributed by atoms with Crippen LogP contribution in [0, 0.1) is 10.1 Å². The predicted molar refractivity (Wildman–Crippen MR) is 64.8 cm³/mol. The topological polar surface area (TPSA) is 61.6 Å². The minimum atomic E-state index is -0.410. The molecule has 0 aromatic heterocycles. The molecule has 92 valence electrons. The highest BCUT2D eigenvalue weighted by Gasteiger charge is 2.19. The van der Waals surface area contributed by atoms with Gasteiger partial charge in [-0.3, -0.25) is 10.1 Å². The molecule has 1 fully saturated rings. The van der Waals surface area contributed by atoms with Crippen molar-refractivity contribution in [1.29, 1.82) is 0 Å². The first-order valence-electron chi connectivity index (χ1n) is 5.29. The van der Waals surface area contributed by atoms with Gasteiger partial charge in [-0.05, 0) is 27.9 Å². The zero-order valence-electron chi connectivity index (χ0n) is 9.10. The van der Waals surface area contributed by atoms with Gasteiger partial charge in [0.05, 0.1) is 24.2 Å². The van der Waals surface area contributed by atoms with Crippen molar-refractivity contribution in [3.8, 4) is 0 Å². The first-order chi connectivity index (χ1) is 8.18. The molecule has 0 amide bonds. The van der Waals surface area contributed by atoms with Crippen LogP contribution in [0.2, 0.25) is 0 Å². The van der Waals surface area contributed by atoms with Gasteiger partial charge in [0.25, 0.3) is 5.69 Å². The van der Waals surface area contributed by atoms with Crippen LogP contribution >= 0.6 is 15.9 Å². The van der Waals surface area contributed by atoms with Crippen LogP contribution in [0.4, 0.5) is 5.69 Å². The Morgan fingerprint density at radius 2 is 2.41 bits per heavy atom. The zero-order valence-corrected chi connectivity index (χ0v) is 10.7. The lowest BCUT2D eigenvalue weighted by Crippen LogP contribution is -2.12. The van der Waals surface area contributed by atoms with E-state index in [4.69, 9.17) is 9.47 Å². The van der Waals surface area contributed by atoms with E-state index in [0.29, 0.717) is 17.7 Å². The second-order valence-electron chi connectivity index (χ2n) is 3.80. The van der Waals surface area contributed by atoms with Crippen molar-refractivity contribution in [2.24, 2.45) is 0 Å². The number of rotatable bonds is 4. The normalized spacial score (nSPS) is 19.5. The fourth-order valence-electron chi connectivity index (χ4n) is 1.67. The molecule has 0 bridgehead atoms. The number of hydrogen-bond acceptors (Lipinski definition) is 4. The first-order valence-corrected chi connectivity index (χ1v) is 6.09. The van der Waals surface area contributed by atoms with E-state index >= 15 is 0 Å². The van der Waals surface area contributed by atoms with E-state index < -0.39 is 4.92 Å². The summed E-state index contributed by atoms with van der Waals surface area (Å²) in [6.07, 6.45) is 0.980. The lowest BCUT2D eigenvalue weighted by Gasteiger charge is -2.10. The Labute approximate surface area is 107 Å². The number of ether oxygens (including phenoxy) is 2. The lowest BCUT2D eigenvalue weighted by atomic mass is 10.2. The van der Waals surface area contributed by atoms with Gasteiger partial charge >= 0.3 is 0 Å². The van der Waals surface area contributed by atoms with Crippen molar-refractivity contribution < 1.29 is 14.4 Å². The van der Waals surface area contributed by atoms with Gasteiger partial charge in [0.1, 0.15) is 4.47 Å². The summed E-state index contributed by atoms with van der Waals surface area (Å²) in [5.41, 5.74) is 0.847. The van der Waals surface area contributed by atoms with E-state index in [1.807, 2.05) is 6.07 Å². The molecule has 1 unspecified atom stereocenters. The molecule has 1 aromatic rings. The summed E-state index contributed by atoms with van der Waals surface area (Å²) < 4.78 is 11.3. The zero-order chi connectivity index (χ0) is 12.3. The van der Waals surface area contributed by atoms with Crippen LogP contribution in [-0.4, -0.2) is 24.2 Å². The molecule has 1 aliphatic heterocycles. The summed E-state index contributed by atoms with van der Waals surface area (Å²) in [5, 5.41) is 10.7. The Kier molecular flexibility index (Phi) is 4.09. The van der Waals surface area contributed by atoms with Crippen LogP contribution in [0.5, 0.6) is 0 Å². The van der Waals surface area contributed by atoms with E-state index in [2.05, 4.69) is 15.9 Å². The Bertz CT molecular complexity index is 418. The molecular formula is C11H12BrNO4. The number of nitro groups is 1. The minimum Gasteiger partial charge on any atom is -0.379 e. The third-order valence-electron chi connectivity index (χ3n) is 2.62. The monoisotopic (exact) mass is 301 g/mol. The summed E-state index contributed by atoms with van der Waals surface area (Å²) in [4.78, 5) is 10.3. The number of halogens is 1. The molecule has 1 saturated heterocycles. The third kappa shape index (κ3) is 3.02. The quantitative estimate of drug-likeness (QED) is 0.633. The standard InChI is InChI=1S/C11H12BrNO4/c12-11-8(2-1-3-10(11)13(14)15)6-17-9-4-5-16-7-9/h1-3,9H,4-7H2. The summed E-state index contributed by atoms with van der Waals surface area (Å²) >= 11 is 3.24. The van der Waals surface area contributed by atoms with Crippen LogP contribution < -0.4 is 0 Å². The molecule has 1 atom stereocenters. The Morgan fingerprint density at radius 3 is 3.06 bits per heavy atom. The highest BCUT2D eigenvalue weighted by molar-refractivity contribution is 9.10. The minimum absolute atomic E-state index is 0.0637. The van der Waals surface area contributed by atoms with Crippen molar-refractivity contribution >= 4 is 21.6 Å². The molecule has 0 saturated carbocycles. The highest BCUT2D eigenvalue weighted by atomic mass is 79.9. The van der Waals surface area contributed by atoms with Gasteiger partial charge in [-0.2, -0.15) is 0 Å². The third-order valence-corrected chi connectivity index (χ3v) is 3.53. The van der Waals surface area contributed by atoms with Gasteiger partial charge in [0, 0.05) is 12.7 Å². The van der Waals surface area contributed by atoms with Gasteiger partial charge in [-0.15, -0.1) is 0 Å². The maximum Gasteiger partial charge on any atom is 0.283 e. The van der Waals surface area contributed by atoms with Gasteiger partial charge in [0.15, 0.2) is 0 Å². The van der Waals surface area contributed by atoms with Crippen molar-refractivity contribution in [1.82, 2.24) is 0 Å². The average Bonchev–Trinajstić information content (AvgIpc) is 2.80. The molecule has 0 spiro atoms. The average molecular weight is 302 g/mol. The van der Waals surface area contributed by atoms with Gasteiger partial charge in [-0.25, -0.2) is 0 Å². The molecule has 1 aliphatic rings. The Balaban J connectivity index is 2.04. The number of nitro benzene ring substituents is 1. The molecule has 0 N–H and O–H groups in total. The number of nitrogens with zero attached hydrogens (tertiary/aromatic N) is 1. The fraction of sp³-hybridized carbons (Fsp3) is 0.455. The van der Waals surface area contributed by atoms with Crippen LogP contribution in [0.3, 0.4) is 0 Å². The van der Waals surface area contributed by atoms with Gasteiger partial charge < -0.3 is 9.47 Å². The molecular weight excluding hydrogens is 290 g/mol. The second kappa shape index (κ2) is 5.57. The van der Waals surface area contributed by atoms with E-state index in [1.54, 1.807) is 6.07 Å². The van der Waals surface area contributed by atoms with Crippen molar-refractivity contribution in [3.05, 3.63) is 38.3 Å². The maximum atomic E-state index is 10.7. The SMILES string of the molecule is O=[N+]([O-])c1cccc(COC2CCOC2)c1Br. The molecule has 1 aromatic carbocycles. The molecule has 17 heavy (non-hydrogen) atoms. The van der Waals surface area contributed by atoms with Crippen LogP contribution in [-0.2, 0) is 16.1 Å². The van der Waals surface area contributed by atoms with Gasteiger partial charge in [-0.1, -0.05) is 12.1 Å². The summed E-state index contributed by atoms with van der Waals surface area (Å²) in [6.45, 7) is 1.68. The Morgan fingerprint density at radius 1 is 1.59 bits per heavy atom. The summed E-state index contributed by atoms with van der Waals surface area (Å²) in [5.74, 6) is 0. The highest BCUT2D eigenvalue weighted by Crippen LogP contribution is 2.29. The van der Waals surface area contributed by atoms with E-state index in [9.17, 15) is 10.1 Å².